The molecule has 0 heterocycles. The summed E-state index contributed by atoms with van der Waals surface area (Å²) in [5, 5.41) is 0. The molecule has 100 valence electrons. The standard InChI is InChI=1S/C7H8O3S.2H2N.2H2O.Pt/c1-6-2-4-7(5-3-6)11(8,9)10;;;;;/h2-5H,1H3,(H,8,9,10);4*1H2;/q;2*-1;;;+2. The molecule has 0 aliphatic heterocycles. The van der Waals surface area contributed by atoms with Crippen LogP contribution in [0.5, 0.6) is 0 Å². The van der Waals surface area contributed by atoms with Crippen molar-refractivity contribution in [2.24, 2.45) is 0 Å². The van der Waals surface area contributed by atoms with Gasteiger partial charge < -0.3 is 23.3 Å². The summed E-state index contributed by atoms with van der Waals surface area (Å²) in [6, 6.07) is 5.99. The van der Waals surface area contributed by atoms with Gasteiger partial charge in [0.05, 0.1) is 4.90 Å². The third-order valence-electron chi connectivity index (χ3n) is 1.32. The van der Waals surface area contributed by atoms with Gasteiger partial charge in [-0.1, -0.05) is 17.7 Å². The Labute approximate surface area is 109 Å². The molecule has 0 saturated heterocycles. The molecule has 0 aromatic heterocycles. The molecule has 1 aromatic carbocycles. The number of hydrogen-bond donors (Lipinski definition) is 1. The summed E-state index contributed by atoms with van der Waals surface area (Å²) in [4.78, 5) is -0.0666. The molecule has 0 fully saturated rings. The van der Waals surface area contributed by atoms with E-state index in [1.54, 1.807) is 12.1 Å². The average Bonchev–Trinajstić information content (AvgIpc) is 1.86. The first-order chi connectivity index (χ1) is 5.00. The molecular formula is C7H16N2O5PtS. The molecule has 0 spiro atoms. The first kappa shape index (κ1) is 29.6. The molecule has 0 radical (unpaired) electrons. The van der Waals surface area contributed by atoms with E-state index in [1.165, 1.54) is 12.1 Å². The van der Waals surface area contributed by atoms with Crippen LogP contribution in [0.4, 0.5) is 0 Å². The summed E-state index contributed by atoms with van der Waals surface area (Å²) in [6.07, 6.45) is 0. The van der Waals surface area contributed by atoms with E-state index < -0.39 is 10.1 Å². The molecule has 0 amide bonds. The van der Waals surface area contributed by atoms with Gasteiger partial charge in [0.1, 0.15) is 0 Å². The minimum atomic E-state index is -4.02. The molecule has 1 rings (SSSR count). The second kappa shape index (κ2) is 11.2. The molecule has 0 atom stereocenters. The van der Waals surface area contributed by atoms with Crippen molar-refractivity contribution in [1.82, 2.24) is 0 Å². The number of aryl methyl sites for hydroxylation is 1. The van der Waals surface area contributed by atoms with E-state index in [0.717, 1.165) is 5.56 Å². The van der Waals surface area contributed by atoms with Gasteiger partial charge in [-0.3, -0.25) is 4.55 Å². The van der Waals surface area contributed by atoms with Crippen molar-refractivity contribution < 1.29 is 45.0 Å². The normalized spacial score (nSPS) is 7.88. The monoisotopic (exact) mass is 435 g/mol. The van der Waals surface area contributed by atoms with E-state index >= 15 is 0 Å². The molecule has 16 heavy (non-hydrogen) atoms. The molecule has 0 bridgehead atoms. The summed E-state index contributed by atoms with van der Waals surface area (Å²) >= 11 is 0. The fraction of sp³-hybridized carbons (Fsp3) is 0.143. The molecule has 9 heteroatoms. The van der Waals surface area contributed by atoms with Gasteiger partial charge in [0.15, 0.2) is 0 Å². The Balaban J connectivity index is -0.0000000807. The van der Waals surface area contributed by atoms with Gasteiger partial charge in [0.2, 0.25) is 0 Å². The zero-order valence-corrected chi connectivity index (χ0v) is 11.5. The van der Waals surface area contributed by atoms with Gasteiger partial charge in [0, 0.05) is 0 Å². The predicted octanol–water partition coefficient (Wildman–Crippen LogP) is 1.02. The molecule has 0 saturated carbocycles. The van der Waals surface area contributed by atoms with E-state index in [4.69, 9.17) is 4.55 Å². The minimum Gasteiger partial charge on any atom is -0.693 e. The van der Waals surface area contributed by atoms with Crippen molar-refractivity contribution in [2.45, 2.75) is 11.8 Å². The summed E-state index contributed by atoms with van der Waals surface area (Å²) < 4.78 is 29.6. The fourth-order valence-electron chi connectivity index (χ4n) is 0.710. The second-order valence-electron chi connectivity index (χ2n) is 2.29. The van der Waals surface area contributed by atoms with Crippen LogP contribution in [0.15, 0.2) is 29.2 Å². The first-order valence-corrected chi connectivity index (χ1v) is 4.48. The van der Waals surface area contributed by atoms with Gasteiger partial charge in [-0.25, -0.2) is 0 Å². The van der Waals surface area contributed by atoms with Crippen LogP contribution >= 0.6 is 0 Å². The van der Waals surface area contributed by atoms with Crippen molar-refractivity contribution in [3.63, 3.8) is 0 Å². The van der Waals surface area contributed by atoms with Crippen LogP contribution in [0, 0.1) is 6.92 Å². The Hall–Kier alpha value is -0.342. The topological polar surface area (TPSA) is 184 Å². The Kier molecular flexibility index (Phi) is 20.6. The second-order valence-corrected chi connectivity index (χ2v) is 3.71. The summed E-state index contributed by atoms with van der Waals surface area (Å²) in [7, 11) is -4.02. The maximum absolute atomic E-state index is 10.5. The Morgan fingerprint density at radius 1 is 1.00 bits per heavy atom. The molecule has 0 aliphatic rings. The van der Waals surface area contributed by atoms with Crippen LogP contribution in [0.3, 0.4) is 0 Å². The molecule has 0 unspecified atom stereocenters. The van der Waals surface area contributed by atoms with Crippen molar-refractivity contribution in [1.29, 1.82) is 0 Å². The van der Waals surface area contributed by atoms with Crippen LogP contribution < -0.4 is 0 Å². The van der Waals surface area contributed by atoms with E-state index in [1.807, 2.05) is 6.92 Å². The summed E-state index contributed by atoms with van der Waals surface area (Å²) in [6.45, 7) is 1.84. The molecule has 7 nitrogen and oxygen atoms in total. The number of nitrogens with two attached hydrogens (primary N) is 2. The van der Waals surface area contributed by atoms with Crippen LogP contribution in [-0.4, -0.2) is 23.9 Å². The Morgan fingerprint density at radius 2 is 1.31 bits per heavy atom. The SMILES string of the molecule is Cc1ccc(S(=O)(=O)O)cc1.O.O.[NH2-].[NH2-].[Pt+2]. The van der Waals surface area contributed by atoms with Gasteiger partial charge in [-0.05, 0) is 19.1 Å². The number of rotatable bonds is 1. The third kappa shape index (κ3) is 8.93. The van der Waals surface area contributed by atoms with Crippen molar-refractivity contribution in [3.05, 3.63) is 42.1 Å². The smallest absolute Gasteiger partial charge is 0.693 e. The van der Waals surface area contributed by atoms with E-state index in [0.29, 0.717) is 0 Å². The van der Waals surface area contributed by atoms with Crippen LogP contribution in [-0.2, 0) is 31.2 Å². The summed E-state index contributed by atoms with van der Waals surface area (Å²) in [5.74, 6) is 0. The Morgan fingerprint density at radius 3 is 1.56 bits per heavy atom. The van der Waals surface area contributed by atoms with E-state index in [2.05, 4.69) is 0 Å². The maximum Gasteiger partial charge on any atom is 2.00 e. The molecule has 1 aromatic rings. The zero-order valence-electron chi connectivity index (χ0n) is 8.45. The summed E-state index contributed by atoms with van der Waals surface area (Å²) in [5.41, 5.74) is 0.956. The van der Waals surface area contributed by atoms with Crippen molar-refractivity contribution in [3.8, 4) is 0 Å². The zero-order chi connectivity index (χ0) is 8.48. The Bertz CT molecular complexity index is 354. The minimum absolute atomic E-state index is 0. The van der Waals surface area contributed by atoms with Crippen LogP contribution in [0.25, 0.3) is 12.3 Å². The number of benzene rings is 1. The molecule has 9 N–H and O–H groups in total. The third-order valence-corrected chi connectivity index (χ3v) is 2.19. The molecular weight excluding hydrogens is 419 g/mol. The predicted molar refractivity (Wildman–Crippen MR) is 58.8 cm³/mol. The van der Waals surface area contributed by atoms with Crippen LogP contribution in [0.1, 0.15) is 5.56 Å². The maximum atomic E-state index is 10.5. The van der Waals surface area contributed by atoms with Gasteiger partial charge in [-0.15, -0.1) is 0 Å². The largest absolute Gasteiger partial charge is 2.00 e. The average molecular weight is 435 g/mol. The van der Waals surface area contributed by atoms with Gasteiger partial charge >= 0.3 is 21.1 Å². The quantitative estimate of drug-likeness (QED) is 0.647. The van der Waals surface area contributed by atoms with Crippen molar-refractivity contribution in [2.75, 3.05) is 0 Å². The van der Waals surface area contributed by atoms with Crippen molar-refractivity contribution >= 4 is 10.1 Å². The van der Waals surface area contributed by atoms with Gasteiger partial charge in [0.25, 0.3) is 10.1 Å². The fourth-order valence-corrected chi connectivity index (χ4v) is 1.19. The van der Waals surface area contributed by atoms with Gasteiger partial charge in [-0.2, -0.15) is 8.42 Å². The first-order valence-electron chi connectivity index (χ1n) is 3.04. The van der Waals surface area contributed by atoms with Crippen LogP contribution in [0.2, 0.25) is 0 Å². The molecule has 0 aliphatic carbocycles. The van der Waals surface area contributed by atoms with E-state index in [9.17, 15) is 8.42 Å². The number of hydrogen-bond acceptors (Lipinski definition) is 2. The van der Waals surface area contributed by atoms with E-state index in [-0.39, 0.29) is 49.2 Å².